The maximum absolute atomic E-state index is 12.7. The van der Waals surface area contributed by atoms with E-state index in [9.17, 15) is 18.0 Å². The first-order chi connectivity index (χ1) is 13.2. The van der Waals surface area contributed by atoms with Gasteiger partial charge < -0.3 is 10.2 Å². The highest BCUT2D eigenvalue weighted by Crippen LogP contribution is 2.30. The predicted molar refractivity (Wildman–Crippen MR) is 101 cm³/mol. The molecule has 0 saturated heterocycles. The first-order valence-electron chi connectivity index (χ1n) is 8.37. The van der Waals surface area contributed by atoms with Gasteiger partial charge in [-0.25, -0.2) is 9.97 Å². The number of hydrogen-bond donors (Lipinski definition) is 1. The van der Waals surface area contributed by atoms with E-state index >= 15 is 0 Å². The summed E-state index contributed by atoms with van der Waals surface area (Å²) >= 11 is 0. The summed E-state index contributed by atoms with van der Waals surface area (Å²) in [7, 11) is 1.64. The summed E-state index contributed by atoms with van der Waals surface area (Å²) in [5, 5.41) is 2.91. The quantitative estimate of drug-likeness (QED) is 0.698. The molecule has 8 heteroatoms. The number of halogens is 3. The van der Waals surface area contributed by atoms with E-state index in [2.05, 4.69) is 15.3 Å². The first-order valence-corrected chi connectivity index (χ1v) is 8.37. The molecule has 0 aliphatic heterocycles. The van der Waals surface area contributed by atoms with Gasteiger partial charge in [0.05, 0.1) is 5.56 Å². The van der Waals surface area contributed by atoms with Crippen molar-refractivity contribution in [3.63, 3.8) is 0 Å². The number of benzene rings is 2. The molecule has 0 atom stereocenters. The van der Waals surface area contributed by atoms with Crippen molar-refractivity contribution in [3.05, 3.63) is 77.7 Å². The van der Waals surface area contributed by atoms with E-state index in [1.807, 2.05) is 18.2 Å². The lowest BCUT2D eigenvalue weighted by Crippen LogP contribution is -2.27. The molecule has 3 rings (SSSR count). The standard InChI is InChI=1S/C20H17F3N4O/c1-13-24-17(19(28)27(2)16-6-4-3-5-7-16)12-18(25-13)26-15-10-8-14(9-11-15)20(21,22)23/h3-12H,1-2H3,(H,24,25,26). The van der Waals surface area contributed by atoms with E-state index in [0.717, 1.165) is 12.1 Å². The van der Waals surface area contributed by atoms with Crippen LogP contribution < -0.4 is 10.2 Å². The van der Waals surface area contributed by atoms with E-state index < -0.39 is 11.7 Å². The lowest BCUT2D eigenvalue weighted by atomic mass is 10.2. The number of para-hydroxylation sites is 1. The van der Waals surface area contributed by atoms with Gasteiger partial charge in [0, 0.05) is 24.5 Å². The Morgan fingerprint density at radius 2 is 1.64 bits per heavy atom. The lowest BCUT2D eigenvalue weighted by molar-refractivity contribution is -0.137. The molecule has 1 amide bonds. The molecule has 0 bridgehead atoms. The van der Waals surface area contributed by atoms with Crippen LogP contribution in [0.25, 0.3) is 0 Å². The Balaban J connectivity index is 1.82. The molecule has 0 saturated carbocycles. The highest BCUT2D eigenvalue weighted by Gasteiger charge is 2.30. The number of alkyl halides is 3. The van der Waals surface area contributed by atoms with Crippen LogP contribution in [0.5, 0.6) is 0 Å². The number of amides is 1. The molecular formula is C20H17F3N4O. The van der Waals surface area contributed by atoms with Gasteiger partial charge in [-0.05, 0) is 43.3 Å². The lowest BCUT2D eigenvalue weighted by Gasteiger charge is -2.17. The molecule has 3 aromatic rings. The first kappa shape index (κ1) is 19.3. The summed E-state index contributed by atoms with van der Waals surface area (Å²) < 4.78 is 38.0. The third-order valence-corrected chi connectivity index (χ3v) is 3.99. The Hall–Kier alpha value is -3.42. The van der Waals surface area contributed by atoms with E-state index in [4.69, 9.17) is 0 Å². The van der Waals surface area contributed by atoms with Crippen molar-refractivity contribution < 1.29 is 18.0 Å². The van der Waals surface area contributed by atoms with Gasteiger partial charge in [0.15, 0.2) is 0 Å². The number of nitrogens with one attached hydrogen (secondary N) is 1. The van der Waals surface area contributed by atoms with Crippen molar-refractivity contribution >= 4 is 23.1 Å². The van der Waals surface area contributed by atoms with Crippen LogP contribution in [0.1, 0.15) is 21.9 Å². The molecular weight excluding hydrogens is 369 g/mol. The molecule has 1 aromatic heterocycles. The normalized spacial score (nSPS) is 11.2. The molecule has 28 heavy (non-hydrogen) atoms. The van der Waals surface area contributed by atoms with Crippen LogP contribution in [-0.4, -0.2) is 22.9 Å². The molecule has 5 nitrogen and oxygen atoms in total. The molecule has 0 fully saturated rings. The monoisotopic (exact) mass is 386 g/mol. The Morgan fingerprint density at radius 1 is 1.00 bits per heavy atom. The molecule has 0 aliphatic carbocycles. The molecule has 1 heterocycles. The van der Waals surface area contributed by atoms with Gasteiger partial charge in [0.25, 0.3) is 5.91 Å². The molecule has 2 aromatic carbocycles. The van der Waals surface area contributed by atoms with Gasteiger partial charge in [-0.15, -0.1) is 0 Å². The van der Waals surface area contributed by atoms with Crippen LogP contribution in [0.3, 0.4) is 0 Å². The van der Waals surface area contributed by atoms with Gasteiger partial charge in [0.1, 0.15) is 17.3 Å². The second kappa shape index (κ2) is 7.67. The number of hydrogen-bond acceptors (Lipinski definition) is 4. The minimum Gasteiger partial charge on any atom is -0.340 e. The van der Waals surface area contributed by atoms with E-state index in [1.165, 1.54) is 23.1 Å². The minimum atomic E-state index is -4.40. The third kappa shape index (κ3) is 4.46. The van der Waals surface area contributed by atoms with Gasteiger partial charge in [0.2, 0.25) is 0 Å². The van der Waals surface area contributed by atoms with Crippen molar-refractivity contribution in [2.45, 2.75) is 13.1 Å². The van der Waals surface area contributed by atoms with E-state index in [0.29, 0.717) is 23.0 Å². The maximum atomic E-state index is 12.7. The highest BCUT2D eigenvalue weighted by molar-refractivity contribution is 6.04. The molecule has 0 aliphatic rings. The summed E-state index contributed by atoms with van der Waals surface area (Å²) in [6.07, 6.45) is -4.40. The van der Waals surface area contributed by atoms with Crippen LogP contribution in [0.2, 0.25) is 0 Å². The zero-order valence-electron chi connectivity index (χ0n) is 15.2. The second-order valence-corrected chi connectivity index (χ2v) is 6.09. The smallest absolute Gasteiger partial charge is 0.340 e. The van der Waals surface area contributed by atoms with Crippen molar-refractivity contribution in [1.29, 1.82) is 0 Å². The van der Waals surface area contributed by atoms with Gasteiger partial charge >= 0.3 is 6.18 Å². The number of carbonyl (C=O) groups excluding carboxylic acids is 1. The van der Waals surface area contributed by atoms with Crippen molar-refractivity contribution in [2.24, 2.45) is 0 Å². The minimum absolute atomic E-state index is 0.174. The zero-order chi connectivity index (χ0) is 20.3. The maximum Gasteiger partial charge on any atom is 0.416 e. The SMILES string of the molecule is Cc1nc(Nc2ccc(C(F)(F)F)cc2)cc(C(=O)N(C)c2ccccc2)n1. The van der Waals surface area contributed by atoms with E-state index in [-0.39, 0.29) is 11.6 Å². The number of nitrogens with zero attached hydrogens (tertiary/aromatic N) is 3. The van der Waals surface area contributed by atoms with Crippen LogP contribution in [0, 0.1) is 6.92 Å². The summed E-state index contributed by atoms with van der Waals surface area (Å²) in [4.78, 5) is 22.6. The average Bonchev–Trinajstić information content (AvgIpc) is 2.67. The van der Waals surface area contributed by atoms with Crippen LogP contribution in [0.15, 0.2) is 60.7 Å². The topological polar surface area (TPSA) is 58.1 Å². The van der Waals surface area contributed by atoms with Crippen LogP contribution in [0.4, 0.5) is 30.4 Å². The van der Waals surface area contributed by atoms with Crippen LogP contribution >= 0.6 is 0 Å². The van der Waals surface area contributed by atoms with Crippen molar-refractivity contribution in [2.75, 3.05) is 17.3 Å². The summed E-state index contributed by atoms with van der Waals surface area (Å²) in [5.74, 6) is 0.353. The Kier molecular flexibility index (Phi) is 5.30. The summed E-state index contributed by atoms with van der Waals surface area (Å²) in [6.45, 7) is 1.64. The molecule has 144 valence electrons. The number of aryl methyl sites for hydroxylation is 1. The summed E-state index contributed by atoms with van der Waals surface area (Å²) in [5.41, 5.74) is 0.562. The largest absolute Gasteiger partial charge is 0.416 e. The van der Waals surface area contributed by atoms with Gasteiger partial charge in [-0.2, -0.15) is 13.2 Å². The van der Waals surface area contributed by atoms with Crippen molar-refractivity contribution in [1.82, 2.24) is 9.97 Å². The van der Waals surface area contributed by atoms with Crippen molar-refractivity contribution in [3.8, 4) is 0 Å². The number of anilines is 3. The van der Waals surface area contributed by atoms with Gasteiger partial charge in [-0.3, -0.25) is 4.79 Å². The number of rotatable bonds is 4. The Morgan fingerprint density at radius 3 is 2.25 bits per heavy atom. The fourth-order valence-electron chi connectivity index (χ4n) is 2.57. The van der Waals surface area contributed by atoms with E-state index in [1.54, 1.807) is 26.1 Å². The van der Waals surface area contributed by atoms with Crippen LogP contribution in [-0.2, 0) is 6.18 Å². The zero-order valence-corrected chi connectivity index (χ0v) is 15.2. The second-order valence-electron chi connectivity index (χ2n) is 6.09. The molecule has 1 N–H and O–H groups in total. The Labute approximate surface area is 159 Å². The predicted octanol–water partition coefficient (Wildman–Crippen LogP) is 4.82. The Bertz CT molecular complexity index is 973. The highest BCUT2D eigenvalue weighted by atomic mass is 19.4. The third-order valence-electron chi connectivity index (χ3n) is 3.99. The molecule has 0 spiro atoms. The van der Waals surface area contributed by atoms with Gasteiger partial charge in [-0.1, -0.05) is 18.2 Å². The summed E-state index contributed by atoms with van der Waals surface area (Å²) in [6, 6.07) is 15.1. The molecule has 0 radical (unpaired) electrons. The molecule has 0 unspecified atom stereocenters. The average molecular weight is 386 g/mol. The number of carbonyl (C=O) groups is 1. The fraction of sp³-hybridized carbons (Fsp3) is 0.150. The fourth-order valence-corrected chi connectivity index (χ4v) is 2.57. The number of aromatic nitrogens is 2.